The van der Waals surface area contributed by atoms with E-state index in [2.05, 4.69) is 5.32 Å². The Bertz CT molecular complexity index is 155. The number of hydrogen-bond acceptors (Lipinski definition) is 4. The Balaban J connectivity index is 2.11. The molecular formula is C9H17NO3. The van der Waals surface area contributed by atoms with E-state index in [0.717, 1.165) is 19.6 Å². The summed E-state index contributed by atoms with van der Waals surface area (Å²) in [7, 11) is 0. The lowest BCUT2D eigenvalue weighted by molar-refractivity contribution is -0.145. The maximum Gasteiger partial charge on any atom is 0.307 e. The van der Waals surface area contributed by atoms with E-state index in [1.807, 2.05) is 6.92 Å². The predicted octanol–water partition coefficient (Wildman–Crippen LogP) is 0.318. The zero-order chi connectivity index (χ0) is 9.52. The first-order valence-electron chi connectivity index (χ1n) is 4.79. The highest BCUT2D eigenvalue weighted by atomic mass is 16.5. The third-order valence-electron chi connectivity index (χ3n) is 1.88. The van der Waals surface area contributed by atoms with Gasteiger partial charge in [0.25, 0.3) is 0 Å². The third-order valence-corrected chi connectivity index (χ3v) is 1.88. The van der Waals surface area contributed by atoms with Crippen molar-refractivity contribution < 1.29 is 14.3 Å². The van der Waals surface area contributed by atoms with Crippen LogP contribution in [0.25, 0.3) is 0 Å². The molecule has 0 saturated carbocycles. The van der Waals surface area contributed by atoms with Gasteiger partial charge in [0.2, 0.25) is 0 Å². The molecule has 0 aromatic rings. The molecule has 1 aliphatic rings. The second-order valence-electron chi connectivity index (χ2n) is 3.15. The van der Waals surface area contributed by atoms with Crippen molar-refractivity contribution in [3.05, 3.63) is 0 Å². The second-order valence-corrected chi connectivity index (χ2v) is 3.15. The maximum atomic E-state index is 11.2. The van der Waals surface area contributed by atoms with Gasteiger partial charge in [-0.3, -0.25) is 4.79 Å². The molecule has 1 N–H and O–H groups in total. The molecule has 0 aromatic heterocycles. The van der Waals surface area contributed by atoms with Gasteiger partial charge in [-0.15, -0.1) is 0 Å². The van der Waals surface area contributed by atoms with Crippen LogP contribution in [0.15, 0.2) is 0 Å². The van der Waals surface area contributed by atoms with Crippen molar-refractivity contribution in [2.75, 3.05) is 26.4 Å². The zero-order valence-corrected chi connectivity index (χ0v) is 8.04. The van der Waals surface area contributed by atoms with Crippen LogP contribution >= 0.6 is 0 Å². The molecule has 0 radical (unpaired) electrons. The molecule has 13 heavy (non-hydrogen) atoms. The molecule has 0 bridgehead atoms. The summed E-state index contributed by atoms with van der Waals surface area (Å²) in [5.74, 6) is -0.134. The van der Waals surface area contributed by atoms with Gasteiger partial charge in [-0.25, -0.2) is 0 Å². The summed E-state index contributed by atoms with van der Waals surface area (Å²) < 4.78 is 10.2. The molecule has 1 heterocycles. The summed E-state index contributed by atoms with van der Waals surface area (Å²) in [5.41, 5.74) is 0. The SMILES string of the molecule is CCCOC(=O)CC1COCCN1. The number of esters is 1. The fourth-order valence-corrected chi connectivity index (χ4v) is 1.23. The van der Waals surface area contributed by atoms with E-state index >= 15 is 0 Å². The minimum atomic E-state index is -0.134. The number of nitrogens with one attached hydrogen (secondary N) is 1. The Labute approximate surface area is 78.6 Å². The van der Waals surface area contributed by atoms with E-state index in [9.17, 15) is 4.79 Å². The zero-order valence-electron chi connectivity index (χ0n) is 8.04. The van der Waals surface area contributed by atoms with Crippen molar-refractivity contribution in [1.29, 1.82) is 0 Å². The van der Waals surface area contributed by atoms with E-state index in [0.29, 0.717) is 19.6 Å². The molecular weight excluding hydrogens is 170 g/mol. The standard InChI is InChI=1S/C9H17NO3/c1-2-4-13-9(11)6-8-7-12-5-3-10-8/h8,10H,2-7H2,1H3. The molecule has 0 amide bonds. The lowest BCUT2D eigenvalue weighted by Gasteiger charge is -2.22. The van der Waals surface area contributed by atoms with Crippen LogP contribution in [0.1, 0.15) is 19.8 Å². The average molecular weight is 187 g/mol. The summed E-state index contributed by atoms with van der Waals surface area (Å²) in [6.07, 6.45) is 1.29. The Kier molecular flexibility index (Phi) is 4.78. The molecule has 76 valence electrons. The summed E-state index contributed by atoms with van der Waals surface area (Å²) in [5, 5.41) is 3.20. The van der Waals surface area contributed by atoms with E-state index in [4.69, 9.17) is 9.47 Å². The number of morpholine rings is 1. The lowest BCUT2D eigenvalue weighted by Crippen LogP contribution is -2.42. The van der Waals surface area contributed by atoms with Crippen LogP contribution in [-0.2, 0) is 14.3 Å². The van der Waals surface area contributed by atoms with Crippen molar-refractivity contribution in [3.8, 4) is 0 Å². The van der Waals surface area contributed by atoms with E-state index < -0.39 is 0 Å². The number of rotatable bonds is 4. The first-order valence-corrected chi connectivity index (χ1v) is 4.79. The molecule has 1 aliphatic heterocycles. The summed E-state index contributed by atoms with van der Waals surface area (Å²) >= 11 is 0. The molecule has 0 aliphatic carbocycles. The topological polar surface area (TPSA) is 47.6 Å². The van der Waals surface area contributed by atoms with Crippen LogP contribution in [0.3, 0.4) is 0 Å². The largest absolute Gasteiger partial charge is 0.466 e. The highest BCUT2D eigenvalue weighted by molar-refractivity contribution is 5.70. The second kappa shape index (κ2) is 5.94. The van der Waals surface area contributed by atoms with Gasteiger partial charge in [-0.2, -0.15) is 0 Å². The van der Waals surface area contributed by atoms with Gasteiger partial charge < -0.3 is 14.8 Å². The number of ether oxygens (including phenoxy) is 2. The quantitative estimate of drug-likeness (QED) is 0.644. The highest BCUT2D eigenvalue weighted by Gasteiger charge is 2.17. The van der Waals surface area contributed by atoms with Crippen LogP contribution in [0.5, 0.6) is 0 Å². The molecule has 1 atom stereocenters. The van der Waals surface area contributed by atoms with Crippen molar-refractivity contribution in [2.24, 2.45) is 0 Å². The number of hydrogen-bond donors (Lipinski definition) is 1. The van der Waals surface area contributed by atoms with Crippen LogP contribution in [0.4, 0.5) is 0 Å². The fourth-order valence-electron chi connectivity index (χ4n) is 1.23. The summed E-state index contributed by atoms with van der Waals surface area (Å²) in [6, 6.07) is 0.137. The first-order chi connectivity index (χ1) is 6.33. The Morgan fingerprint density at radius 3 is 3.15 bits per heavy atom. The normalized spacial score (nSPS) is 22.7. The maximum absolute atomic E-state index is 11.2. The first kappa shape index (κ1) is 10.5. The Hall–Kier alpha value is -0.610. The van der Waals surface area contributed by atoms with E-state index in [1.165, 1.54) is 0 Å². The highest BCUT2D eigenvalue weighted by Crippen LogP contribution is 2.00. The number of carbonyl (C=O) groups excluding carboxylic acids is 1. The van der Waals surface area contributed by atoms with Crippen LogP contribution in [0, 0.1) is 0 Å². The Morgan fingerprint density at radius 2 is 2.54 bits per heavy atom. The van der Waals surface area contributed by atoms with Gasteiger partial charge in [-0.05, 0) is 6.42 Å². The minimum absolute atomic E-state index is 0.134. The molecule has 1 unspecified atom stereocenters. The minimum Gasteiger partial charge on any atom is -0.466 e. The molecule has 1 fully saturated rings. The molecule has 1 rings (SSSR count). The van der Waals surface area contributed by atoms with Crippen molar-refractivity contribution in [3.63, 3.8) is 0 Å². The van der Waals surface area contributed by atoms with E-state index in [1.54, 1.807) is 0 Å². The molecule has 1 saturated heterocycles. The smallest absolute Gasteiger partial charge is 0.307 e. The van der Waals surface area contributed by atoms with Crippen molar-refractivity contribution in [2.45, 2.75) is 25.8 Å². The molecule has 4 heteroatoms. The monoisotopic (exact) mass is 187 g/mol. The van der Waals surface area contributed by atoms with Gasteiger partial charge in [0, 0.05) is 12.6 Å². The number of carbonyl (C=O) groups is 1. The average Bonchev–Trinajstić information content (AvgIpc) is 2.16. The van der Waals surface area contributed by atoms with Crippen LogP contribution in [0.2, 0.25) is 0 Å². The van der Waals surface area contributed by atoms with Gasteiger partial charge in [-0.1, -0.05) is 6.92 Å². The van der Waals surface area contributed by atoms with Crippen LogP contribution in [-0.4, -0.2) is 38.4 Å². The third kappa shape index (κ3) is 4.24. The fraction of sp³-hybridized carbons (Fsp3) is 0.889. The molecule has 0 aromatic carbocycles. The summed E-state index contributed by atoms with van der Waals surface area (Å²) in [4.78, 5) is 11.2. The van der Waals surface area contributed by atoms with Gasteiger partial charge in [0.15, 0.2) is 0 Å². The van der Waals surface area contributed by atoms with Crippen molar-refractivity contribution >= 4 is 5.97 Å². The van der Waals surface area contributed by atoms with Crippen molar-refractivity contribution in [1.82, 2.24) is 5.32 Å². The van der Waals surface area contributed by atoms with E-state index in [-0.39, 0.29) is 12.0 Å². The Morgan fingerprint density at radius 1 is 1.69 bits per heavy atom. The molecule has 4 nitrogen and oxygen atoms in total. The predicted molar refractivity (Wildman–Crippen MR) is 48.5 cm³/mol. The van der Waals surface area contributed by atoms with Gasteiger partial charge in [0.05, 0.1) is 26.2 Å². The van der Waals surface area contributed by atoms with Gasteiger partial charge in [0.1, 0.15) is 0 Å². The van der Waals surface area contributed by atoms with Gasteiger partial charge >= 0.3 is 5.97 Å². The molecule has 0 spiro atoms. The lowest BCUT2D eigenvalue weighted by atomic mass is 10.2. The summed E-state index contributed by atoms with van der Waals surface area (Å²) in [6.45, 7) is 4.68. The van der Waals surface area contributed by atoms with Crippen LogP contribution < -0.4 is 5.32 Å².